The second-order valence-corrected chi connectivity index (χ2v) is 5.16. The van der Waals surface area contributed by atoms with Gasteiger partial charge in [0.15, 0.2) is 0 Å². The van der Waals surface area contributed by atoms with Crippen molar-refractivity contribution in [2.45, 2.75) is 0 Å². The van der Waals surface area contributed by atoms with Gasteiger partial charge in [0.2, 0.25) is 0 Å². The van der Waals surface area contributed by atoms with Crippen LogP contribution in [0.5, 0.6) is 5.75 Å². The van der Waals surface area contributed by atoms with Crippen LogP contribution in [0.1, 0.15) is 51.8 Å². The normalized spacial score (nSPS) is 10.1. The first kappa shape index (κ1) is 19.1. The van der Waals surface area contributed by atoms with Crippen LogP contribution >= 0.6 is 0 Å². The van der Waals surface area contributed by atoms with Gasteiger partial charge in [-0.25, -0.2) is 24.0 Å². The third-order valence-corrected chi connectivity index (χ3v) is 3.27. The molecule has 0 atom stereocenters. The molecule has 4 N–H and O–H groups in total. The average Bonchev–Trinajstić information content (AvgIpc) is 2.60. The van der Waals surface area contributed by atoms with Crippen molar-refractivity contribution >= 4 is 29.8 Å². The summed E-state index contributed by atoms with van der Waals surface area (Å²) in [6.07, 6.45) is 0. The summed E-state index contributed by atoms with van der Waals surface area (Å²) < 4.78 is 4.90. The number of carboxylic acids is 4. The topological polar surface area (TPSA) is 175 Å². The van der Waals surface area contributed by atoms with Crippen LogP contribution in [0.4, 0.5) is 0 Å². The van der Waals surface area contributed by atoms with Crippen molar-refractivity contribution in [1.29, 1.82) is 0 Å². The Bertz CT molecular complexity index is 925. The molecule has 0 spiro atoms. The Labute approximate surface area is 149 Å². The van der Waals surface area contributed by atoms with Gasteiger partial charge in [-0.2, -0.15) is 0 Å². The lowest BCUT2D eigenvalue weighted by Gasteiger charge is -2.08. The molecule has 0 radical (unpaired) electrons. The van der Waals surface area contributed by atoms with Crippen LogP contribution in [0.15, 0.2) is 36.4 Å². The molecule has 2 aromatic rings. The lowest BCUT2D eigenvalue weighted by atomic mass is 10.1. The number of benzene rings is 2. The molecule has 0 aliphatic carbocycles. The molecule has 2 aromatic carbocycles. The fourth-order valence-corrected chi connectivity index (χ4v) is 2.06. The summed E-state index contributed by atoms with van der Waals surface area (Å²) in [7, 11) is 0. The largest absolute Gasteiger partial charge is 0.478 e. The molecule has 0 saturated carbocycles. The van der Waals surface area contributed by atoms with E-state index in [0.29, 0.717) is 0 Å². The van der Waals surface area contributed by atoms with E-state index in [1.807, 2.05) is 0 Å². The average molecular weight is 374 g/mol. The zero-order valence-corrected chi connectivity index (χ0v) is 13.2. The number of esters is 1. The van der Waals surface area contributed by atoms with Crippen molar-refractivity contribution in [2.24, 2.45) is 0 Å². The number of hydrogen-bond acceptors (Lipinski definition) is 6. The molecule has 0 aliphatic rings. The van der Waals surface area contributed by atoms with Crippen LogP contribution in [0.2, 0.25) is 0 Å². The van der Waals surface area contributed by atoms with Crippen molar-refractivity contribution in [3.8, 4) is 5.75 Å². The highest BCUT2D eigenvalue weighted by Gasteiger charge is 2.19. The highest BCUT2D eigenvalue weighted by Crippen LogP contribution is 2.20. The molecule has 0 heterocycles. The highest BCUT2D eigenvalue weighted by molar-refractivity contribution is 6.00. The molecule has 138 valence electrons. The Morgan fingerprint density at radius 2 is 0.815 bits per heavy atom. The maximum absolute atomic E-state index is 12.2. The number of carboxylic acid groups (broad SMARTS) is 4. The first-order chi connectivity index (χ1) is 12.6. The van der Waals surface area contributed by atoms with Gasteiger partial charge in [-0.05, 0) is 36.4 Å². The molecule has 0 fully saturated rings. The Morgan fingerprint density at radius 1 is 0.519 bits per heavy atom. The molecule has 2 rings (SSSR count). The molecule has 10 heteroatoms. The van der Waals surface area contributed by atoms with Crippen LogP contribution in [0.3, 0.4) is 0 Å². The Morgan fingerprint density at radius 3 is 1.15 bits per heavy atom. The van der Waals surface area contributed by atoms with Crippen molar-refractivity contribution in [1.82, 2.24) is 0 Å². The van der Waals surface area contributed by atoms with Gasteiger partial charge in [-0.3, -0.25) is 0 Å². The fourth-order valence-electron chi connectivity index (χ4n) is 2.06. The lowest BCUT2D eigenvalue weighted by molar-refractivity contribution is 0.0669. The van der Waals surface area contributed by atoms with Gasteiger partial charge in [-0.1, -0.05) is 0 Å². The molecule has 0 aliphatic heterocycles. The predicted molar refractivity (Wildman–Crippen MR) is 85.7 cm³/mol. The van der Waals surface area contributed by atoms with E-state index in [0.717, 1.165) is 36.4 Å². The van der Waals surface area contributed by atoms with E-state index >= 15 is 0 Å². The fraction of sp³-hybridized carbons (Fsp3) is 0. The van der Waals surface area contributed by atoms with Crippen LogP contribution in [-0.2, 0) is 0 Å². The van der Waals surface area contributed by atoms with E-state index in [-0.39, 0.29) is 0 Å². The molecule has 0 saturated heterocycles. The molecule has 0 bridgehead atoms. The first-order valence-electron chi connectivity index (χ1n) is 7.04. The molecular weight excluding hydrogens is 364 g/mol. The van der Waals surface area contributed by atoms with Gasteiger partial charge in [-0.15, -0.1) is 0 Å². The van der Waals surface area contributed by atoms with E-state index in [2.05, 4.69) is 0 Å². The standard InChI is InChI=1S/C17H10O10/c18-13(19)7-1-8(14(20)21)4-11(3-7)17(26)27-12-5-9(15(22)23)2-10(6-12)16(24)25/h1-6H,(H,18,19)(H,20,21)(H,22,23)(H,24,25). The molecule has 0 amide bonds. The van der Waals surface area contributed by atoms with Crippen molar-refractivity contribution in [3.63, 3.8) is 0 Å². The summed E-state index contributed by atoms with van der Waals surface area (Å²) in [5, 5.41) is 36.0. The Hall–Kier alpha value is -4.21. The second-order valence-electron chi connectivity index (χ2n) is 5.16. The summed E-state index contributed by atoms with van der Waals surface area (Å²) in [5.41, 5.74) is -2.30. The molecular formula is C17H10O10. The highest BCUT2D eigenvalue weighted by atomic mass is 16.5. The van der Waals surface area contributed by atoms with E-state index in [9.17, 15) is 24.0 Å². The van der Waals surface area contributed by atoms with Crippen molar-refractivity contribution < 1.29 is 49.1 Å². The van der Waals surface area contributed by atoms with Crippen LogP contribution in [0.25, 0.3) is 0 Å². The maximum Gasteiger partial charge on any atom is 0.343 e. The van der Waals surface area contributed by atoms with Crippen LogP contribution < -0.4 is 4.74 Å². The zero-order valence-electron chi connectivity index (χ0n) is 13.2. The number of carbonyl (C=O) groups excluding carboxylic acids is 1. The van der Waals surface area contributed by atoms with Gasteiger partial charge in [0, 0.05) is 0 Å². The van der Waals surface area contributed by atoms with Crippen molar-refractivity contribution in [3.05, 3.63) is 64.2 Å². The Balaban J connectivity index is 2.45. The summed E-state index contributed by atoms with van der Waals surface area (Å²) in [6, 6.07) is 5.23. The van der Waals surface area contributed by atoms with E-state index < -0.39 is 63.4 Å². The molecule has 27 heavy (non-hydrogen) atoms. The molecule has 0 aromatic heterocycles. The van der Waals surface area contributed by atoms with Gasteiger partial charge < -0.3 is 25.2 Å². The lowest BCUT2D eigenvalue weighted by Crippen LogP contribution is -2.13. The van der Waals surface area contributed by atoms with Gasteiger partial charge in [0.25, 0.3) is 0 Å². The smallest absolute Gasteiger partial charge is 0.343 e. The molecule has 0 unspecified atom stereocenters. The summed E-state index contributed by atoms with van der Waals surface area (Å²) in [4.78, 5) is 56.5. The third kappa shape index (κ3) is 4.45. The first-order valence-corrected chi connectivity index (χ1v) is 7.04. The van der Waals surface area contributed by atoms with Gasteiger partial charge in [0.05, 0.1) is 27.8 Å². The minimum Gasteiger partial charge on any atom is -0.478 e. The number of ether oxygens (including phenoxy) is 1. The monoisotopic (exact) mass is 374 g/mol. The Kier molecular flexibility index (Phi) is 5.21. The van der Waals surface area contributed by atoms with Gasteiger partial charge in [0.1, 0.15) is 5.75 Å². The van der Waals surface area contributed by atoms with Crippen molar-refractivity contribution in [2.75, 3.05) is 0 Å². The third-order valence-electron chi connectivity index (χ3n) is 3.27. The van der Waals surface area contributed by atoms with E-state index in [4.69, 9.17) is 25.2 Å². The minimum atomic E-state index is -1.48. The predicted octanol–water partition coefficient (Wildman–Crippen LogP) is 1.70. The van der Waals surface area contributed by atoms with Gasteiger partial charge >= 0.3 is 29.8 Å². The SMILES string of the molecule is O=C(O)c1cc(OC(=O)c2cc(C(=O)O)cc(C(=O)O)c2)cc(C(=O)O)c1. The van der Waals surface area contributed by atoms with E-state index in [1.165, 1.54) is 0 Å². The number of hydrogen-bond donors (Lipinski definition) is 4. The minimum absolute atomic E-state index is 0.421. The second kappa shape index (κ2) is 7.35. The number of aromatic carboxylic acids is 4. The maximum atomic E-state index is 12.2. The zero-order chi connectivity index (χ0) is 20.3. The summed E-state index contributed by atoms with van der Waals surface area (Å²) in [5.74, 6) is -7.50. The number of carbonyl (C=O) groups is 5. The van der Waals surface area contributed by atoms with E-state index in [1.54, 1.807) is 0 Å². The summed E-state index contributed by atoms with van der Waals surface area (Å²) >= 11 is 0. The van der Waals surface area contributed by atoms with Crippen LogP contribution in [0, 0.1) is 0 Å². The van der Waals surface area contributed by atoms with Crippen LogP contribution in [-0.4, -0.2) is 50.3 Å². The summed E-state index contributed by atoms with van der Waals surface area (Å²) in [6.45, 7) is 0. The number of rotatable bonds is 6. The molecule has 10 nitrogen and oxygen atoms in total. The quantitative estimate of drug-likeness (QED) is 0.430.